The van der Waals surface area contributed by atoms with Gasteiger partial charge in [0.1, 0.15) is 0 Å². The van der Waals surface area contributed by atoms with Gasteiger partial charge in [0.05, 0.1) is 22.5 Å². The Morgan fingerprint density at radius 2 is 2.31 bits per heavy atom. The van der Waals surface area contributed by atoms with Crippen molar-refractivity contribution in [2.45, 2.75) is 19.4 Å². The van der Waals surface area contributed by atoms with Crippen molar-refractivity contribution < 1.29 is 4.74 Å². The number of hydrogen-bond acceptors (Lipinski definition) is 3. The molecule has 3 nitrogen and oxygen atoms in total. The smallest absolute Gasteiger partial charge is 0.0790 e. The summed E-state index contributed by atoms with van der Waals surface area (Å²) in [7, 11) is 0. The fourth-order valence-electron chi connectivity index (χ4n) is 2.06. The minimum atomic E-state index is 0.221. The minimum absolute atomic E-state index is 0.221. The van der Waals surface area contributed by atoms with E-state index in [1.165, 1.54) is 0 Å². The Bertz CT molecular complexity index is 350. The van der Waals surface area contributed by atoms with E-state index in [1.54, 1.807) is 0 Å². The number of para-hydroxylation sites is 1. The zero-order valence-electron chi connectivity index (χ0n) is 9.45. The molecule has 1 aromatic carbocycles. The molecule has 2 rings (SSSR count). The van der Waals surface area contributed by atoms with Crippen LogP contribution in [0.3, 0.4) is 0 Å². The van der Waals surface area contributed by atoms with Gasteiger partial charge in [0, 0.05) is 19.7 Å². The van der Waals surface area contributed by atoms with Crippen LogP contribution in [0.1, 0.15) is 13.3 Å². The lowest BCUT2D eigenvalue weighted by Crippen LogP contribution is -2.30. The van der Waals surface area contributed by atoms with Gasteiger partial charge in [-0.3, -0.25) is 0 Å². The minimum Gasteiger partial charge on any atom is -0.397 e. The molecule has 1 aromatic rings. The largest absolute Gasteiger partial charge is 0.397 e. The molecule has 0 amide bonds. The molecule has 0 spiro atoms. The van der Waals surface area contributed by atoms with Crippen molar-refractivity contribution in [3.63, 3.8) is 0 Å². The third kappa shape index (κ3) is 2.42. The summed E-state index contributed by atoms with van der Waals surface area (Å²) >= 11 is 6.20. The van der Waals surface area contributed by atoms with Gasteiger partial charge in [-0.15, -0.1) is 0 Å². The van der Waals surface area contributed by atoms with Crippen LogP contribution in [0.2, 0.25) is 5.02 Å². The Balaban J connectivity index is 2.28. The average molecular weight is 241 g/mol. The Morgan fingerprint density at radius 1 is 1.50 bits per heavy atom. The van der Waals surface area contributed by atoms with E-state index in [-0.39, 0.29) is 6.10 Å². The number of nitrogens with two attached hydrogens (primary N) is 1. The van der Waals surface area contributed by atoms with Gasteiger partial charge < -0.3 is 15.4 Å². The van der Waals surface area contributed by atoms with Gasteiger partial charge in [0.25, 0.3) is 0 Å². The quantitative estimate of drug-likeness (QED) is 0.767. The lowest BCUT2D eigenvalue weighted by molar-refractivity contribution is 0.0821. The molecule has 0 bridgehead atoms. The maximum Gasteiger partial charge on any atom is 0.0790 e. The molecule has 0 aromatic heterocycles. The van der Waals surface area contributed by atoms with Gasteiger partial charge >= 0.3 is 0 Å². The van der Waals surface area contributed by atoms with Crippen LogP contribution in [0.25, 0.3) is 0 Å². The van der Waals surface area contributed by atoms with Crippen LogP contribution >= 0.6 is 11.6 Å². The summed E-state index contributed by atoms with van der Waals surface area (Å²) in [5.74, 6) is 0. The van der Waals surface area contributed by atoms with Crippen LogP contribution in [0, 0.1) is 0 Å². The average Bonchev–Trinajstić information content (AvgIpc) is 2.43. The molecule has 1 heterocycles. The van der Waals surface area contributed by atoms with Crippen molar-refractivity contribution >= 4 is 23.0 Å². The molecular weight excluding hydrogens is 224 g/mol. The number of anilines is 2. The van der Waals surface area contributed by atoms with Crippen LogP contribution in [0.4, 0.5) is 11.4 Å². The molecule has 4 heteroatoms. The summed E-state index contributed by atoms with van der Waals surface area (Å²) in [5.41, 5.74) is 7.67. The Hall–Kier alpha value is -0.930. The summed E-state index contributed by atoms with van der Waals surface area (Å²) < 4.78 is 5.61. The first-order chi connectivity index (χ1) is 7.68. The number of rotatable bonds is 1. The van der Waals surface area contributed by atoms with E-state index in [0.717, 1.165) is 37.5 Å². The van der Waals surface area contributed by atoms with Crippen molar-refractivity contribution in [1.82, 2.24) is 0 Å². The highest BCUT2D eigenvalue weighted by atomic mass is 35.5. The van der Waals surface area contributed by atoms with E-state index in [1.807, 2.05) is 18.2 Å². The van der Waals surface area contributed by atoms with Crippen LogP contribution in [-0.2, 0) is 4.74 Å². The molecule has 1 aliphatic rings. The first-order valence-electron chi connectivity index (χ1n) is 5.59. The topological polar surface area (TPSA) is 38.5 Å². The highest BCUT2D eigenvalue weighted by Gasteiger charge is 2.19. The third-order valence-corrected chi connectivity index (χ3v) is 3.09. The van der Waals surface area contributed by atoms with Crippen molar-refractivity contribution in [3.8, 4) is 0 Å². The first kappa shape index (κ1) is 11.6. The zero-order valence-corrected chi connectivity index (χ0v) is 10.2. The van der Waals surface area contributed by atoms with Crippen molar-refractivity contribution in [3.05, 3.63) is 23.2 Å². The van der Waals surface area contributed by atoms with E-state index in [4.69, 9.17) is 22.1 Å². The number of benzene rings is 1. The molecule has 88 valence electrons. The lowest BCUT2D eigenvalue weighted by atomic mass is 10.2. The molecular formula is C12H17ClN2O. The SMILES string of the molecule is CC1CN(c2c(N)cccc2Cl)CCCO1. The van der Waals surface area contributed by atoms with E-state index >= 15 is 0 Å². The van der Waals surface area contributed by atoms with Gasteiger partial charge in [-0.25, -0.2) is 0 Å². The Labute approximate surface area is 101 Å². The van der Waals surface area contributed by atoms with E-state index in [0.29, 0.717) is 5.02 Å². The highest BCUT2D eigenvalue weighted by Crippen LogP contribution is 2.32. The van der Waals surface area contributed by atoms with Gasteiger partial charge in [-0.2, -0.15) is 0 Å². The zero-order chi connectivity index (χ0) is 11.5. The second-order valence-corrected chi connectivity index (χ2v) is 4.57. The van der Waals surface area contributed by atoms with E-state index in [2.05, 4.69) is 11.8 Å². The normalized spacial score (nSPS) is 21.9. The predicted molar refractivity (Wildman–Crippen MR) is 68.1 cm³/mol. The monoisotopic (exact) mass is 240 g/mol. The molecule has 0 saturated carbocycles. The van der Waals surface area contributed by atoms with Crippen LogP contribution < -0.4 is 10.6 Å². The predicted octanol–water partition coefficient (Wildman–Crippen LogP) is 2.54. The van der Waals surface area contributed by atoms with Crippen LogP contribution in [0.15, 0.2) is 18.2 Å². The lowest BCUT2D eigenvalue weighted by Gasteiger charge is -2.26. The second-order valence-electron chi connectivity index (χ2n) is 4.16. The summed E-state index contributed by atoms with van der Waals surface area (Å²) in [6.45, 7) is 4.67. The van der Waals surface area contributed by atoms with Gasteiger partial charge in [-0.1, -0.05) is 17.7 Å². The summed E-state index contributed by atoms with van der Waals surface area (Å²) in [4.78, 5) is 2.22. The van der Waals surface area contributed by atoms with E-state index < -0.39 is 0 Å². The van der Waals surface area contributed by atoms with Gasteiger partial charge in [0.15, 0.2) is 0 Å². The standard InChI is InChI=1S/C12H17ClN2O/c1-9-8-15(6-3-7-16-9)12-10(13)4-2-5-11(12)14/h2,4-5,9H,3,6-8,14H2,1H3. The highest BCUT2D eigenvalue weighted by molar-refractivity contribution is 6.34. The number of nitrogen functional groups attached to an aromatic ring is 1. The molecule has 16 heavy (non-hydrogen) atoms. The molecule has 0 radical (unpaired) electrons. The summed E-state index contributed by atoms with van der Waals surface area (Å²) in [6, 6.07) is 5.64. The number of nitrogens with zero attached hydrogens (tertiary/aromatic N) is 1. The van der Waals surface area contributed by atoms with Crippen molar-refractivity contribution in [1.29, 1.82) is 0 Å². The molecule has 0 aliphatic carbocycles. The fraction of sp³-hybridized carbons (Fsp3) is 0.500. The van der Waals surface area contributed by atoms with Gasteiger partial charge in [-0.05, 0) is 25.5 Å². The van der Waals surface area contributed by atoms with Gasteiger partial charge in [0.2, 0.25) is 0 Å². The Morgan fingerprint density at radius 3 is 3.06 bits per heavy atom. The first-order valence-corrected chi connectivity index (χ1v) is 5.97. The Kier molecular flexibility index (Phi) is 3.56. The molecule has 2 N–H and O–H groups in total. The molecule has 1 atom stereocenters. The summed E-state index contributed by atoms with van der Waals surface area (Å²) in [5, 5.41) is 0.717. The third-order valence-electron chi connectivity index (χ3n) is 2.79. The summed E-state index contributed by atoms with van der Waals surface area (Å²) in [6.07, 6.45) is 1.23. The number of ether oxygens (including phenoxy) is 1. The van der Waals surface area contributed by atoms with Crippen molar-refractivity contribution in [2.75, 3.05) is 30.3 Å². The van der Waals surface area contributed by atoms with Crippen LogP contribution in [-0.4, -0.2) is 25.8 Å². The second kappa shape index (κ2) is 4.93. The fourth-order valence-corrected chi connectivity index (χ4v) is 2.36. The van der Waals surface area contributed by atoms with E-state index in [9.17, 15) is 0 Å². The van der Waals surface area contributed by atoms with Crippen molar-refractivity contribution in [2.24, 2.45) is 0 Å². The maximum absolute atomic E-state index is 6.20. The number of halogens is 1. The number of hydrogen-bond donors (Lipinski definition) is 1. The maximum atomic E-state index is 6.20. The molecule has 1 fully saturated rings. The molecule has 1 unspecified atom stereocenters. The molecule has 1 saturated heterocycles. The van der Waals surface area contributed by atoms with Crippen LogP contribution in [0.5, 0.6) is 0 Å². The molecule has 1 aliphatic heterocycles.